The largest absolute Gasteiger partial charge is 0.392 e. The SMILES string of the molecule is COCCN(C[C@@H]1CN(C[C@H](C)O)CCO1)C(=O)c1ccccc1. The van der Waals surface area contributed by atoms with Gasteiger partial charge >= 0.3 is 0 Å². The van der Waals surface area contributed by atoms with E-state index < -0.39 is 0 Å². The molecular formula is C18H28N2O4. The molecule has 24 heavy (non-hydrogen) atoms. The highest BCUT2D eigenvalue weighted by Crippen LogP contribution is 2.11. The number of hydrogen-bond acceptors (Lipinski definition) is 5. The van der Waals surface area contributed by atoms with Gasteiger partial charge in [0.2, 0.25) is 0 Å². The van der Waals surface area contributed by atoms with Gasteiger partial charge in [-0.3, -0.25) is 9.69 Å². The van der Waals surface area contributed by atoms with Gasteiger partial charge in [0.05, 0.1) is 25.4 Å². The van der Waals surface area contributed by atoms with Crippen molar-refractivity contribution in [3.63, 3.8) is 0 Å². The summed E-state index contributed by atoms with van der Waals surface area (Å²) in [6, 6.07) is 9.27. The van der Waals surface area contributed by atoms with Crippen molar-refractivity contribution >= 4 is 5.91 Å². The molecule has 1 aliphatic rings. The number of carbonyl (C=O) groups excluding carboxylic acids is 1. The van der Waals surface area contributed by atoms with E-state index in [1.165, 1.54) is 0 Å². The van der Waals surface area contributed by atoms with E-state index in [0.717, 1.165) is 13.1 Å². The van der Waals surface area contributed by atoms with Crippen LogP contribution in [0.25, 0.3) is 0 Å². The average Bonchev–Trinajstić information content (AvgIpc) is 2.58. The van der Waals surface area contributed by atoms with Crippen LogP contribution in [0.3, 0.4) is 0 Å². The molecule has 1 aromatic rings. The summed E-state index contributed by atoms with van der Waals surface area (Å²) in [7, 11) is 1.63. The molecule has 0 aromatic heterocycles. The molecule has 0 radical (unpaired) electrons. The molecule has 134 valence electrons. The van der Waals surface area contributed by atoms with Gasteiger partial charge in [0.25, 0.3) is 5.91 Å². The van der Waals surface area contributed by atoms with E-state index in [0.29, 0.717) is 38.4 Å². The average molecular weight is 336 g/mol. The van der Waals surface area contributed by atoms with Gasteiger partial charge in [-0.1, -0.05) is 18.2 Å². The first-order valence-electron chi connectivity index (χ1n) is 8.45. The number of amides is 1. The predicted molar refractivity (Wildman–Crippen MR) is 92.1 cm³/mol. The molecular weight excluding hydrogens is 308 g/mol. The Balaban J connectivity index is 1.98. The predicted octanol–water partition coefficient (Wildman–Crippen LogP) is 0.857. The van der Waals surface area contributed by atoms with Crippen LogP contribution in [0.5, 0.6) is 0 Å². The standard InChI is InChI=1S/C18H28N2O4/c1-15(21)12-19-8-11-24-17(13-19)14-20(9-10-23-2)18(22)16-6-4-3-5-7-16/h3-7,15,17,21H,8-14H2,1-2H3/t15-,17-/m0/s1. The Morgan fingerprint density at radius 3 is 2.88 bits per heavy atom. The molecule has 0 aliphatic carbocycles. The molecule has 1 fully saturated rings. The van der Waals surface area contributed by atoms with Gasteiger partial charge < -0.3 is 19.5 Å². The summed E-state index contributed by atoms with van der Waals surface area (Å²) in [6.07, 6.45) is -0.415. The molecule has 0 spiro atoms. The molecule has 1 aliphatic heterocycles. The fourth-order valence-electron chi connectivity index (χ4n) is 2.92. The highest BCUT2D eigenvalue weighted by molar-refractivity contribution is 5.94. The first kappa shape index (κ1) is 18.9. The number of benzene rings is 1. The highest BCUT2D eigenvalue weighted by atomic mass is 16.5. The van der Waals surface area contributed by atoms with E-state index in [1.54, 1.807) is 18.9 Å². The molecule has 2 atom stereocenters. The van der Waals surface area contributed by atoms with E-state index >= 15 is 0 Å². The Morgan fingerprint density at radius 1 is 1.46 bits per heavy atom. The van der Waals surface area contributed by atoms with Gasteiger partial charge in [-0.25, -0.2) is 0 Å². The zero-order valence-electron chi connectivity index (χ0n) is 14.6. The molecule has 1 amide bonds. The number of hydrogen-bond donors (Lipinski definition) is 1. The lowest BCUT2D eigenvalue weighted by atomic mass is 10.1. The molecule has 1 saturated heterocycles. The third kappa shape index (κ3) is 5.87. The van der Waals surface area contributed by atoms with Crippen molar-refractivity contribution in [1.82, 2.24) is 9.80 Å². The molecule has 1 heterocycles. The monoisotopic (exact) mass is 336 g/mol. The fourth-order valence-corrected chi connectivity index (χ4v) is 2.92. The normalized spacial score (nSPS) is 19.9. The second-order valence-electron chi connectivity index (χ2n) is 6.21. The Kier molecular flexibility index (Phi) is 7.65. The zero-order valence-corrected chi connectivity index (χ0v) is 14.6. The van der Waals surface area contributed by atoms with Crippen LogP contribution < -0.4 is 0 Å². The van der Waals surface area contributed by atoms with Crippen LogP contribution in [0.15, 0.2) is 30.3 Å². The molecule has 2 rings (SSSR count). The first-order valence-corrected chi connectivity index (χ1v) is 8.45. The second kappa shape index (κ2) is 9.74. The summed E-state index contributed by atoms with van der Waals surface area (Å²) in [5.41, 5.74) is 0.672. The van der Waals surface area contributed by atoms with Crippen molar-refractivity contribution in [3.8, 4) is 0 Å². The maximum absolute atomic E-state index is 12.7. The van der Waals surface area contributed by atoms with Crippen LogP contribution in [0.2, 0.25) is 0 Å². The van der Waals surface area contributed by atoms with Crippen LogP contribution in [0, 0.1) is 0 Å². The van der Waals surface area contributed by atoms with Crippen LogP contribution in [0.1, 0.15) is 17.3 Å². The fraction of sp³-hybridized carbons (Fsp3) is 0.611. The zero-order chi connectivity index (χ0) is 17.4. The van der Waals surface area contributed by atoms with E-state index in [9.17, 15) is 9.90 Å². The number of nitrogens with zero attached hydrogens (tertiary/aromatic N) is 2. The Bertz CT molecular complexity index is 495. The third-order valence-electron chi connectivity index (χ3n) is 4.04. The van der Waals surface area contributed by atoms with Gasteiger partial charge in [0.1, 0.15) is 0 Å². The first-order chi connectivity index (χ1) is 11.6. The summed E-state index contributed by atoms with van der Waals surface area (Å²) >= 11 is 0. The maximum Gasteiger partial charge on any atom is 0.254 e. The minimum absolute atomic E-state index is 0.0103. The molecule has 0 saturated carbocycles. The van der Waals surface area contributed by atoms with Crippen molar-refractivity contribution in [2.45, 2.75) is 19.1 Å². The van der Waals surface area contributed by atoms with Crippen LogP contribution in [-0.4, -0.2) is 86.1 Å². The molecule has 6 nitrogen and oxygen atoms in total. The van der Waals surface area contributed by atoms with Crippen molar-refractivity contribution < 1.29 is 19.4 Å². The van der Waals surface area contributed by atoms with Crippen LogP contribution >= 0.6 is 0 Å². The number of methoxy groups -OCH3 is 1. The highest BCUT2D eigenvalue weighted by Gasteiger charge is 2.25. The lowest BCUT2D eigenvalue weighted by molar-refractivity contribution is -0.0503. The summed E-state index contributed by atoms with van der Waals surface area (Å²) in [5, 5.41) is 9.56. The molecule has 0 unspecified atom stereocenters. The summed E-state index contributed by atoms with van der Waals surface area (Å²) in [6.45, 7) is 6.10. The lowest BCUT2D eigenvalue weighted by Gasteiger charge is -2.36. The number of aliphatic hydroxyl groups is 1. The van der Waals surface area contributed by atoms with Crippen molar-refractivity contribution in [2.24, 2.45) is 0 Å². The van der Waals surface area contributed by atoms with E-state index in [2.05, 4.69) is 4.90 Å². The Labute approximate surface area is 144 Å². The van der Waals surface area contributed by atoms with Crippen molar-refractivity contribution in [2.75, 3.05) is 53.0 Å². The summed E-state index contributed by atoms with van der Waals surface area (Å²) in [4.78, 5) is 16.7. The minimum atomic E-state index is -0.362. The van der Waals surface area contributed by atoms with Gasteiger partial charge in [-0.2, -0.15) is 0 Å². The lowest BCUT2D eigenvalue weighted by Crippen LogP contribution is -2.50. The third-order valence-corrected chi connectivity index (χ3v) is 4.04. The second-order valence-corrected chi connectivity index (χ2v) is 6.21. The number of aliphatic hydroxyl groups excluding tert-OH is 1. The Morgan fingerprint density at radius 2 is 2.21 bits per heavy atom. The number of β-amino-alcohol motifs (C(OH)–C–C–N with tert-alkyl or cyclic N) is 1. The van der Waals surface area contributed by atoms with Gasteiger partial charge in [-0.05, 0) is 19.1 Å². The number of rotatable bonds is 8. The van der Waals surface area contributed by atoms with Crippen LogP contribution in [0.4, 0.5) is 0 Å². The quantitative estimate of drug-likeness (QED) is 0.763. The van der Waals surface area contributed by atoms with E-state index in [-0.39, 0.29) is 18.1 Å². The topological polar surface area (TPSA) is 62.2 Å². The number of morpholine rings is 1. The minimum Gasteiger partial charge on any atom is -0.392 e. The smallest absolute Gasteiger partial charge is 0.254 e. The molecule has 6 heteroatoms. The van der Waals surface area contributed by atoms with E-state index in [1.807, 2.05) is 30.3 Å². The molecule has 0 bridgehead atoms. The number of carbonyl (C=O) groups is 1. The number of ether oxygens (including phenoxy) is 2. The van der Waals surface area contributed by atoms with Crippen LogP contribution in [-0.2, 0) is 9.47 Å². The van der Waals surface area contributed by atoms with Crippen molar-refractivity contribution in [3.05, 3.63) is 35.9 Å². The Hall–Kier alpha value is -1.47. The van der Waals surface area contributed by atoms with E-state index in [4.69, 9.17) is 9.47 Å². The molecule has 1 aromatic carbocycles. The maximum atomic E-state index is 12.7. The van der Waals surface area contributed by atoms with Gasteiger partial charge in [-0.15, -0.1) is 0 Å². The molecule has 1 N–H and O–H groups in total. The van der Waals surface area contributed by atoms with Gasteiger partial charge in [0.15, 0.2) is 0 Å². The van der Waals surface area contributed by atoms with Crippen molar-refractivity contribution in [1.29, 1.82) is 0 Å². The summed E-state index contributed by atoms with van der Waals surface area (Å²) < 4.78 is 11.0. The summed E-state index contributed by atoms with van der Waals surface area (Å²) in [5.74, 6) is -0.0103. The van der Waals surface area contributed by atoms with Gasteiger partial charge in [0, 0.05) is 45.4 Å².